The van der Waals surface area contributed by atoms with Crippen LogP contribution in [0, 0.1) is 28.9 Å². The van der Waals surface area contributed by atoms with Gasteiger partial charge in [-0.2, -0.15) is 10.4 Å². The number of carbonyl (C=O) groups excluding carboxylic acids is 1. The first kappa shape index (κ1) is 25.4. The number of aromatic nitrogens is 5. The molecule has 2 aliphatic rings. The summed E-state index contributed by atoms with van der Waals surface area (Å²) in [4.78, 5) is 27.6. The fourth-order valence-corrected chi connectivity index (χ4v) is 4.88. The van der Waals surface area contributed by atoms with Crippen molar-refractivity contribution < 1.29 is 18.3 Å². The molecule has 40 heavy (non-hydrogen) atoms. The summed E-state index contributed by atoms with van der Waals surface area (Å²) in [5.41, 5.74) is 7.97. The number of allylic oxidation sites excluding steroid dienone is 1. The molecule has 2 N–H and O–H groups in total. The molecule has 4 aromatic rings. The molecule has 1 saturated heterocycles. The van der Waals surface area contributed by atoms with Crippen LogP contribution in [-0.2, 0) is 4.79 Å². The maximum atomic E-state index is 14.0. The minimum absolute atomic E-state index is 0.00491. The number of benzene rings is 1. The SMILES string of the molecule is N#CC(=CC1CC1)C(=O)N1CCC[C@@H](n2nc(-c3ccc(Oc4c(F)cccc4F)nc3)c3c(N)ncnc32)C1. The molecule has 6 rings (SSSR count). The van der Waals surface area contributed by atoms with Crippen molar-refractivity contribution in [3.63, 3.8) is 0 Å². The first-order valence-electron chi connectivity index (χ1n) is 12.9. The highest BCUT2D eigenvalue weighted by Gasteiger charge is 2.31. The molecular weight excluding hydrogens is 518 g/mol. The van der Waals surface area contributed by atoms with Gasteiger partial charge in [-0.05, 0) is 49.8 Å². The number of fused-ring (bicyclic) bond motifs is 1. The van der Waals surface area contributed by atoms with Crippen LogP contribution >= 0.6 is 0 Å². The highest BCUT2D eigenvalue weighted by Crippen LogP contribution is 2.35. The highest BCUT2D eigenvalue weighted by atomic mass is 19.1. The molecule has 0 unspecified atom stereocenters. The largest absolute Gasteiger partial charge is 0.433 e. The molecule has 1 atom stereocenters. The van der Waals surface area contributed by atoms with Crippen LogP contribution in [0.1, 0.15) is 31.7 Å². The second-order valence-corrected chi connectivity index (χ2v) is 9.87. The Kier molecular flexibility index (Phi) is 6.55. The third-order valence-electron chi connectivity index (χ3n) is 7.06. The van der Waals surface area contributed by atoms with Crippen LogP contribution in [0.2, 0.25) is 0 Å². The van der Waals surface area contributed by atoms with Crippen molar-refractivity contribution >= 4 is 22.8 Å². The number of anilines is 1. The fraction of sp³-hybridized carbons (Fsp3) is 0.286. The Morgan fingerprint density at radius 3 is 2.62 bits per heavy atom. The second kappa shape index (κ2) is 10.3. The number of nitrogen functional groups attached to an aromatic ring is 1. The van der Waals surface area contributed by atoms with Crippen LogP contribution < -0.4 is 10.5 Å². The van der Waals surface area contributed by atoms with Gasteiger partial charge in [0.05, 0.1) is 11.4 Å². The Hall–Kier alpha value is -4.92. The quantitative estimate of drug-likeness (QED) is 0.277. The van der Waals surface area contributed by atoms with Gasteiger partial charge in [0, 0.05) is 30.9 Å². The number of para-hydroxylation sites is 1. The number of nitrogens with two attached hydrogens (primary N) is 1. The Morgan fingerprint density at radius 1 is 1.12 bits per heavy atom. The van der Waals surface area contributed by atoms with E-state index in [1.807, 2.05) is 0 Å². The fourth-order valence-electron chi connectivity index (χ4n) is 4.88. The summed E-state index contributed by atoms with van der Waals surface area (Å²) in [6.07, 6.45) is 8.09. The summed E-state index contributed by atoms with van der Waals surface area (Å²) in [6.45, 7) is 0.915. The first-order valence-corrected chi connectivity index (χ1v) is 12.9. The van der Waals surface area contributed by atoms with E-state index in [0.717, 1.165) is 37.8 Å². The van der Waals surface area contributed by atoms with E-state index in [0.29, 0.717) is 41.3 Å². The second-order valence-electron chi connectivity index (χ2n) is 9.87. The van der Waals surface area contributed by atoms with Gasteiger partial charge in [0.1, 0.15) is 29.5 Å². The number of ether oxygens (including phenoxy) is 1. The molecule has 1 aliphatic heterocycles. The normalized spacial score (nSPS) is 17.6. The van der Waals surface area contributed by atoms with Crippen LogP contribution in [0.15, 0.2) is 54.5 Å². The zero-order valence-electron chi connectivity index (χ0n) is 21.3. The molecule has 0 spiro atoms. The molecular formula is C28H24F2N8O2. The van der Waals surface area contributed by atoms with E-state index in [1.54, 1.807) is 21.7 Å². The lowest BCUT2D eigenvalue weighted by Gasteiger charge is -2.32. The number of halogens is 2. The first-order chi connectivity index (χ1) is 19.4. The molecule has 1 saturated carbocycles. The maximum Gasteiger partial charge on any atom is 0.264 e. The van der Waals surface area contributed by atoms with Gasteiger partial charge in [-0.15, -0.1) is 0 Å². The molecule has 202 valence electrons. The topological polar surface area (TPSA) is 136 Å². The lowest BCUT2D eigenvalue weighted by molar-refractivity contribution is -0.128. The van der Waals surface area contributed by atoms with Crippen molar-refractivity contribution in [2.75, 3.05) is 18.8 Å². The van der Waals surface area contributed by atoms with Gasteiger partial charge in [-0.25, -0.2) is 28.4 Å². The van der Waals surface area contributed by atoms with Crippen molar-refractivity contribution in [1.29, 1.82) is 5.26 Å². The number of hydrogen-bond acceptors (Lipinski definition) is 8. The summed E-state index contributed by atoms with van der Waals surface area (Å²) in [5, 5.41) is 14.9. The van der Waals surface area contributed by atoms with Crippen molar-refractivity contribution in [2.24, 2.45) is 5.92 Å². The molecule has 10 nitrogen and oxygen atoms in total. The van der Waals surface area contributed by atoms with Crippen LogP contribution in [0.5, 0.6) is 11.6 Å². The van der Waals surface area contributed by atoms with Crippen LogP contribution in [0.3, 0.4) is 0 Å². The third-order valence-corrected chi connectivity index (χ3v) is 7.06. The molecule has 0 radical (unpaired) electrons. The van der Waals surface area contributed by atoms with Gasteiger partial charge in [0.15, 0.2) is 17.3 Å². The summed E-state index contributed by atoms with van der Waals surface area (Å²) in [7, 11) is 0. The van der Waals surface area contributed by atoms with Gasteiger partial charge in [-0.1, -0.05) is 12.1 Å². The number of pyridine rings is 1. The number of hydrogen-bond donors (Lipinski definition) is 1. The van der Waals surface area contributed by atoms with E-state index in [4.69, 9.17) is 15.6 Å². The minimum atomic E-state index is -0.842. The van der Waals surface area contributed by atoms with E-state index in [1.165, 1.54) is 24.7 Å². The predicted octanol–water partition coefficient (Wildman–Crippen LogP) is 4.56. The summed E-state index contributed by atoms with van der Waals surface area (Å²) >= 11 is 0. The zero-order chi connectivity index (χ0) is 27.8. The van der Waals surface area contributed by atoms with Crippen molar-refractivity contribution in [1.82, 2.24) is 29.6 Å². The Balaban J connectivity index is 1.30. The molecule has 1 aromatic carbocycles. The highest BCUT2D eigenvalue weighted by molar-refractivity contribution is 5.98. The number of amides is 1. The van der Waals surface area contributed by atoms with Crippen LogP contribution in [0.4, 0.5) is 14.6 Å². The molecule has 12 heteroatoms. The number of piperidine rings is 1. The van der Waals surface area contributed by atoms with Gasteiger partial charge in [-0.3, -0.25) is 4.79 Å². The third kappa shape index (κ3) is 4.82. The molecule has 3 aromatic heterocycles. The molecule has 4 heterocycles. The molecule has 1 aliphatic carbocycles. The average molecular weight is 543 g/mol. The van der Waals surface area contributed by atoms with E-state index in [2.05, 4.69) is 21.0 Å². The van der Waals surface area contributed by atoms with Crippen molar-refractivity contribution in [3.8, 4) is 29.0 Å². The molecule has 1 amide bonds. The predicted molar refractivity (Wildman–Crippen MR) is 141 cm³/mol. The Labute approximate surface area is 227 Å². The Morgan fingerprint density at radius 2 is 1.93 bits per heavy atom. The number of likely N-dealkylation sites (tertiary alicyclic amines) is 1. The van der Waals surface area contributed by atoms with E-state index >= 15 is 0 Å². The summed E-state index contributed by atoms with van der Waals surface area (Å²) in [6, 6.07) is 8.43. The Bertz CT molecular complexity index is 1650. The van der Waals surface area contributed by atoms with Gasteiger partial charge >= 0.3 is 0 Å². The minimum Gasteiger partial charge on any atom is -0.433 e. The van der Waals surface area contributed by atoms with E-state index < -0.39 is 17.4 Å². The van der Waals surface area contributed by atoms with Crippen molar-refractivity contribution in [2.45, 2.75) is 31.7 Å². The standard InChI is InChI=1S/C28H24F2N8O2/c29-20-4-1-5-21(30)25(20)40-22-9-8-17(13-33-22)24-23-26(32)34-15-35-27(23)38(36-24)19-3-2-10-37(14-19)28(39)18(12-31)11-16-6-7-16/h1,4-5,8-9,11,13,15-16,19H,2-3,6-7,10,14H2,(H2,32,34,35)/t19-/m1/s1. The molecule has 0 bridgehead atoms. The van der Waals surface area contributed by atoms with E-state index in [-0.39, 0.29) is 29.2 Å². The van der Waals surface area contributed by atoms with E-state index in [9.17, 15) is 18.8 Å². The summed E-state index contributed by atoms with van der Waals surface area (Å²) < 4.78 is 35.1. The molecule has 2 fully saturated rings. The van der Waals surface area contributed by atoms with Crippen molar-refractivity contribution in [3.05, 3.63) is 66.1 Å². The monoisotopic (exact) mass is 542 g/mol. The number of nitrogens with zero attached hydrogens (tertiary/aromatic N) is 7. The smallest absolute Gasteiger partial charge is 0.264 e. The maximum absolute atomic E-state index is 14.0. The zero-order valence-corrected chi connectivity index (χ0v) is 21.3. The average Bonchev–Trinajstić information content (AvgIpc) is 3.71. The van der Waals surface area contributed by atoms with Gasteiger partial charge in [0.25, 0.3) is 5.91 Å². The van der Waals surface area contributed by atoms with Crippen LogP contribution in [0.25, 0.3) is 22.3 Å². The number of carbonyl (C=O) groups is 1. The summed E-state index contributed by atoms with van der Waals surface area (Å²) in [5.74, 6) is -1.96. The lowest BCUT2D eigenvalue weighted by Crippen LogP contribution is -2.41. The van der Waals surface area contributed by atoms with Crippen LogP contribution in [-0.4, -0.2) is 48.6 Å². The number of nitriles is 1. The number of rotatable bonds is 6. The van der Waals surface area contributed by atoms with Gasteiger partial charge in [0.2, 0.25) is 11.6 Å². The lowest BCUT2D eigenvalue weighted by atomic mass is 10.0. The van der Waals surface area contributed by atoms with Gasteiger partial charge < -0.3 is 15.4 Å².